The summed E-state index contributed by atoms with van der Waals surface area (Å²) >= 11 is 0. The average Bonchev–Trinajstić information content (AvgIpc) is 0.832. The second kappa shape index (κ2) is 32.9. The number of hydrogen-bond donors (Lipinski definition) is 1. The van der Waals surface area contributed by atoms with Gasteiger partial charge in [-0.15, -0.1) is 0 Å². The normalized spacial score (nSPS) is 25.8. The molecule has 0 amide bonds. The maximum atomic E-state index is 14.1. The highest BCUT2D eigenvalue weighted by Gasteiger charge is 2.64. The fraction of sp³-hybridized carbons (Fsp3) is 0.625. The van der Waals surface area contributed by atoms with E-state index >= 15 is 0 Å². The fourth-order valence-corrected chi connectivity index (χ4v) is 14.8. The van der Waals surface area contributed by atoms with Crippen molar-refractivity contribution in [3.05, 3.63) is 97.6 Å². The molecule has 0 saturated heterocycles. The lowest BCUT2D eigenvalue weighted by Gasteiger charge is -2.62. The number of nitrogens with one attached hydrogen (secondary N) is 1. The number of alkyl halides is 4. The number of hydrogen-bond acceptors (Lipinski definition) is 19. The van der Waals surface area contributed by atoms with Crippen molar-refractivity contribution in [3.8, 4) is 0 Å². The molecule has 2 N–H and O–H groups in total. The third-order valence-corrected chi connectivity index (χ3v) is 17.8. The van der Waals surface area contributed by atoms with Crippen molar-refractivity contribution in [2.24, 2.45) is 45.3 Å². The molecule has 478 valence electrons. The van der Waals surface area contributed by atoms with E-state index in [1.165, 1.54) is 18.4 Å². The lowest BCUT2D eigenvalue weighted by molar-refractivity contribution is -0.378. The van der Waals surface area contributed by atoms with Crippen LogP contribution in [-0.4, -0.2) is 116 Å². The Balaban J connectivity index is 0.000000389. The zero-order valence-corrected chi connectivity index (χ0v) is 50.2. The summed E-state index contributed by atoms with van der Waals surface area (Å²) in [6, 6.07) is 11.6. The summed E-state index contributed by atoms with van der Waals surface area (Å²) in [6.45, 7) is 17.9. The number of halogens is 6. The molecule has 1 heterocycles. The molecular formula is C56H75F6NO19S3. The van der Waals surface area contributed by atoms with Crippen LogP contribution >= 0.6 is 0 Å². The second-order valence-electron chi connectivity index (χ2n) is 22.7. The molecule has 1 aromatic carbocycles. The summed E-state index contributed by atoms with van der Waals surface area (Å²) in [6.07, 6.45) is 11.2. The Morgan fingerprint density at radius 1 is 0.682 bits per heavy atom. The standard InChI is InChI=1S/C21H31F3O6S.C13H19F3O3S.C8H12O3.C7H8O3S.C5H5N.2CO2/c1-14(2)18(25)29-5-4-28-15(3)30-13-20-9-16-6-17(10-20)8-19(7-16,11-20)12-21(22,23)31(24,26)27;14-13(15,20(16,18)19)7-11-2-9-1-10(3-11)5-12(4-9,6-11)8-17;1-4-10-5-6-11-8(9)7(2)3;1-6-2-4-7(5-3-6)11(8,9)10;1-2-4-6-5-3-1;2*2-1-3/h15-17H,1,4-13H2,2-3H3;9-10,17H,1-8H2;4H,1-2,5-6H2,3H3;2-5H,1H3,(H,8,9,10);1-5H;;. The number of aromatic amines is 1. The first kappa shape index (κ1) is 75.5. The van der Waals surface area contributed by atoms with Crippen LogP contribution in [0.15, 0.2) is 96.9 Å². The summed E-state index contributed by atoms with van der Waals surface area (Å²) in [5, 5.41) is 0.951. The maximum Gasteiger partial charge on any atom is 0.374 e. The van der Waals surface area contributed by atoms with Crippen molar-refractivity contribution in [1.29, 1.82) is 0 Å². The number of H-pyrrole nitrogens is 1. The van der Waals surface area contributed by atoms with Crippen LogP contribution in [0, 0.1) is 52.3 Å². The van der Waals surface area contributed by atoms with Gasteiger partial charge in [0.2, 0.25) is 0 Å². The molecule has 1 aromatic heterocycles. The molecule has 2 aromatic rings. The van der Waals surface area contributed by atoms with Gasteiger partial charge in [-0.25, -0.2) is 23.0 Å². The molecule has 10 rings (SSSR count). The van der Waals surface area contributed by atoms with Gasteiger partial charge in [-0.2, -0.15) is 53.6 Å². The fourth-order valence-electron chi connectivity index (χ4n) is 13.4. The van der Waals surface area contributed by atoms with Gasteiger partial charge in [0.05, 0.1) is 24.4 Å². The van der Waals surface area contributed by atoms with E-state index in [1.54, 1.807) is 32.9 Å². The molecule has 8 saturated carbocycles. The molecule has 8 aliphatic carbocycles. The number of aliphatic hydroxyl groups is 1. The third-order valence-electron chi connectivity index (χ3n) is 15.3. The molecule has 0 aliphatic heterocycles. The van der Waals surface area contributed by atoms with Gasteiger partial charge in [0, 0.05) is 42.7 Å². The molecule has 5 atom stereocenters. The van der Waals surface area contributed by atoms with E-state index in [1.807, 2.05) is 37.5 Å². The predicted octanol–water partition coefficient (Wildman–Crippen LogP) is 8.70. The Kier molecular flexibility index (Phi) is 29.2. The molecule has 0 spiro atoms. The predicted molar refractivity (Wildman–Crippen MR) is 287 cm³/mol. The molecule has 5 unspecified atom stereocenters. The Labute approximate surface area is 492 Å². The summed E-state index contributed by atoms with van der Waals surface area (Å²) < 4.78 is 182. The van der Waals surface area contributed by atoms with Gasteiger partial charge in [0.1, 0.15) is 29.9 Å². The SMILES string of the molecule is C=C(C)C(=O)OCCOC(C)OCC12CC3CC(C1)CC(CC(F)(F)S(=O)(=O)F)(C3)C2.C=COCCOC(=O)C(=C)C.Cc1ccc(S(=O)(=O)[O-])cc1.O=C=O.O=C=O.O=S(=O)(F)C(F)(F)CC12CC3CC(CC(CO)(C3)C1)C2.c1cc[nH+]cc1. The van der Waals surface area contributed by atoms with Crippen LogP contribution in [0.25, 0.3) is 0 Å². The molecule has 0 radical (unpaired) electrons. The van der Waals surface area contributed by atoms with Gasteiger partial charge in [-0.3, -0.25) is 0 Å². The van der Waals surface area contributed by atoms with Crippen molar-refractivity contribution < 1.29 is 118 Å². The topological polar surface area (TPSA) is 308 Å². The average molecular weight is 1280 g/mol. The van der Waals surface area contributed by atoms with Gasteiger partial charge in [-0.05, 0) is 162 Å². The Hall–Kier alpha value is -5.64. The Morgan fingerprint density at radius 3 is 1.39 bits per heavy atom. The Morgan fingerprint density at radius 2 is 1.06 bits per heavy atom. The van der Waals surface area contributed by atoms with Crippen LogP contribution < -0.4 is 4.98 Å². The number of aryl methyl sites for hydroxylation is 1. The van der Waals surface area contributed by atoms with Crippen molar-refractivity contribution in [2.45, 2.75) is 139 Å². The van der Waals surface area contributed by atoms with Crippen molar-refractivity contribution >= 4 is 54.8 Å². The number of rotatable bonds is 21. The van der Waals surface area contributed by atoms with Crippen LogP contribution in [-0.2, 0) is 83.0 Å². The first-order chi connectivity index (χ1) is 39.3. The van der Waals surface area contributed by atoms with E-state index in [-0.39, 0.29) is 78.1 Å². The zero-order valence-electron chi connectivity index (χ0n) is 47.7. The number of aliphatic hydroxyl groups excluding tert-OH is 1. The summed E-state index contributed by atoms with van der Waals surface area (Å²) in [4.78, 5) is 57.3. The second-order valence-corrected chi connectivity index (χ2v) is 27.0. The smallest absolute Gasteiger partial charge is 0.374 e. The minimum Gasteiger partial charge on any atom is -0.744 e. The molecular weight excluding hydrogens is 1200 g/mol. The van der Waals surface area contributed by atoms with Crippen molar-refractivity contribution in [2.75, 3.05) is 39.6 Å². The van der Waals surface area contributed by atoms with Crippen LogP contribution in [0.5, 0.6) is 0 Å². The first-order valence-electron chi connectivity index (χ1n) is 26.6. The number of carbonyl (C=O) groups is 2. The van der Waals surface area contributed by atoms with E-state index in [0.717, 1.165) is 44.1 Å². The monoisotopic (exact) mass is 1280 g/mol. The van der Waals surface area contributed by atoms with Gasteiger partial charge in [-0.1, -0.05) is 51.3 Å². The maximum absolute atomic E-state index is 14.1. The van der Waals surface area contributed by atoms with Crippen LogP contribution in [0.1, 0.15) is 116 Å². The summed E-state index contributed by atoms with van der Waals surface area (Å²) in [5.74, 6) is 0.0883. The molecule has 20 nitrogen and oxygen atoms in total. The third kappa shape index (κ3) is 24.6. The number of carbonyl (C=O) groups excluding carboxylic acids is 6. The van der Waals surface area contributed by atoms with Crippen molar-refractivity contribution in [3.63, 3.8) is 0 Å². The number of ether oxygens (including phenoxy) is 5. The molecule has 8 aliphatic rings. The number of pyridine rings is 1. The largest absolute Gasteiger partial charge is 0.744 e. The van der Waals surface area contributed by atoms with E-state index in [2.05, 4.69) is 24.7 Å². The number of aromatic nitrogens is 1. The van der Waals surface area contributed by atoms with Crippen LogP contribution in [0.3, 0.4) is 0 Å². The quantitative estimate of drug-likeness (QED) is 0.0178. The highest BCUT2D eigenvalue weighted by atomic mass is 32.3. The molecule has 8 fully saturated rings. The first-order valence-corrected chi connectivity index (χ1v) is 30.8. The van der Waals surface area contributed by atoms with Gasteiger partial charge < -0.3 is 33.3 Å². The van der Waals surface area contributed by atoms with Crippen molar-refractivity contribution in [1.82, 2.24) is 0 Å². The van der Waals surface area contributed by atoms with Gasteiger partial charge >= 0.3 is 55.2 Å². The number of esters is 2. The van der Waals surface area contributed by atoms with Gasteiger partial charge in [0.25, 0.3) is 0 Å². The minimum atomic E-state index is -5.94. The summed E-state index contributed by atoms with van der Waals surface area (Å²) in [5.41, 5.74) is -0.760. The lowest BCUT2D eigenvalue weighted by Crippen LogP contribution is -2.55. The zero-order chi connectivity index (χ0) is 64.7. The van der Waals surface area contributed by atoms with E-state index in [9.17, 15) is 69.8 Å². The molecule has 29 heteroatoms. The molecule has 85 heavy (non-hydrogen) atoms. The highest BCUT2D eigenvalue weighted by molar-refractivity contribution is 7.87. The van der Waals surface area contributed by atoms with E-state index in [4.69, 9.17) is 42.9 Å². The number of benzene rings is 1. The molecule has 8 bridgehead atoms. The van der Waals surface area contributed by atoms with Crippen LogP contribution in [0.4, 0.5) is 25.3 Å². The highest BCUT2D eigenvalue weighted by Crippen LogP contribution is 2.69. The van der Waals surface area contributed by atoms with E-state index in [0.29, 0.717) is 62.9 Å². The van der Waals surface area contributed by atoms with E-state index < -0.39 is 83.0 Å². The van der Waals surface area contributed by atoms with Crippen LogP contribution in [0.2, 0.25) is 0 Å². The Bertz CT molecular complexity index is 2870. The lowest BCUT2D eigenvalue weighted by atomic mass is 9.43. The van der Waals surface area contributed by atoms with Gasteiger partial charge in [0.15, 0.2) is 18.7 Å². The minimum absolute atomic E-state index is 0.0459. The summed E-state index contributed by atoms with van der Waals surface area (Å²) in [7, 11) is -16.1.